The number of carbonyl (C=O) groups excluding carboxylic acids is 2. The monoisotopic (exact) mass is 343 g/mol. The van der Waals surface area contributed by atoms with Crippen LogP contribution < -0.4 is 5.32 Å². The van der Waals surface area contributed by atoms with Crippen LogP contribution in [0, 0.1) is 0 Å². The molecule has 2 amide bonds. The smallest absolute Gasteiger partial charge is 0.253 e. The van der Waals surface area contributed by atoms with Gasteiger partial charge >= 0.3 is 0 Å². The molecule has 5 heteroatoms. The maximum absolute atomic E-state index is 12.9. The van der Waals surface area contributed by atoms with Crippen LogP contribution in [0.2, 0.25) is 0 Å². The number of carbonyl (C=O) groups is 2. The minimum absolute atomic E-state index is 0.0766. The summed E-state index contributed by atoms with van der Waals surface area (Å²) in [5.41, 5.74) is 2.05. The molecule has 136 valence electrons. The lowest BCUT2D eigenvalue weighted by atomic mass is 9.86. The number of likely N-dealkylation sites (tertiary alicyclic amines) is 1. The molecule has 0 saturated carbocycles. The van der Waals surface area contributed by atoms with Crippen molar-refractivity contribution in [3.63, 3.8) is 0 Å². The summed E-state index contributed by atoms with van der Waals surface area (Å²) in [7, 11) is 0. The van der Waals surface area contributed by atoms with Crippen molar-refractivity contribution in [3.05, 3.63) is 35.4 Å². The van der Waals surface area contributed by atoms with Gasteiger partial charge in [-0.3, -0.25) is 9.59 Å². The number of hydrogen-bond donors (Lipinski definition) is 1. The fraction of sp³-hybridized carbons (Fsp3) is 0.600. The lowest BCUT2D eigenvalue weighted by molar-refractivity contribution is -0.135. The summed E-state index contributed by atoms with van der Waals surface area (Å²) < 4.78 is 0. The average Bonchev–Trinajstić information content (AvgIpc) is 2.61. The van der Waals surface area contributed by atoms with Crippen LogP contribution in [0.5, 0.6) is 0 Å². The zero-order chi connectivity index (χ0) is 18.0. The first-order valence-electron chi connectivity index (χ1n) is 9.26. The standard InChI is InChI=1S/C20H29N3O2/c1-20(2,3)16-8-6-15(7-9-16)19(25)22-11-4-5-17(14-22)23-12-10-21-13-18(23)24/h6-9,17,21H,4-5,10-14H2,1-3H3. The summed E-state index contributed by atoms with van der Waals surface area (Å²) in [6.45, 7) is 9.92. The molecule has 1 unspecified atom stereocenters. The van der Waals surface area contributed by atoms with Crippen LogP contribution in [-0.4, -0.2) is 60.4 Å². The minimum atomic E-state index is 0.0766. The van der Waals surface area contributed by atoms with E-state index < -0.39 is 0 Å². The third-order valence-electron chi connectivity index (χ3n) is 5.25. The van der Waals surface area contributed by atoms with E-state index in [2.05, 4.69) is 38.2 Å². The van der Waals surface area contributed by atoms with Gasteiger partial charge in [-0.2, -0.15) is 0 Å². The molecule has 0 spiro atoms. The van der Waals surface area contributed by atoms with Crippen LogP contribution in [0.4, 0.5) is 0 Å². The highest BCUT2D eigenvalue weighted by atomic mass is 16.2. The fourth-order valence-corrected chi connectivity index (χ4v) is 3.70. The SMILES string of the molecule is CC(C)(C)c1ccc(C(=O)N2CCCC(N3CCNCC3=O)C2)cc1. The first kappa shape index (κ1) is 17.9. The first-order valence-corrected chi connectivity index (χ1v) is 9.26. The summed E-state index contributed by atoms with van der Waals surface area (Å²) in [6.07, 6.45) is 1.94. The Morgan fingerprint density at radius 3 is 2.52 bits per heavy atom. The normalized spacial score (nSPS) is 22.2. The van der Waals surface area contributed by atoms with Crippen molar-refractivity contribution < 1.29 is 9.59 Å². The van der Waals surface area contributed by atoms with Crippen LogP contribution in [0.25, 0.3) is 0 Å². The molecule has 25 heavy (non-hydrogen) atoms. The molecule has 1 N–H and O–H groups in total. The maximum Gasteiger partial charge on any atom is 0.253 e. The summed E-state index contributed by atoms with van der Waals surface area (Å²) in [4.78, 5) is 28.9. The quantitative estimate of drug-likeness (QED) is 0.894. The molecule has 1 atom stereocenters. The number of hydrogen-bond acceptors (Lipinski definition) is 3. The maximum atomic E-state index is 12.9. The molecule has 3 rings (SSSR count). The summed E-state index contributed by atoms with van der Waals surface area (Å²) in [6, 6.07) is 8.12. The van der Waals surface area contributed by atoms with E-state index in [1.54, 1.807) is 0 Å². The van der Waals surface area contributed by atoms with Gasteiger partial charge in [-0.25, -0.2) is 0 Å². The van der Waals surface area contributed by atoms with Crippen molar-refractivity contribution in [1.29, 1.82) is 0 Å². The van der Waals surface area contributed by atoms with E-state index >= 15 is 0 Å². The molecule has 1 aromatic carbocycles. The van der Waals surface area contributed by atoms with Crippen molar-refractivity contribution in [3.8, 4) is 0 Å². The van der Waals surface area contributed by atoms with Gasteiger partial charge in [-0.15, -0.1) is 0 Å². The van der Waals surface area contributed by atoms with Crippen LogP contribution in [-0.2, 0) is 10.2 Å². The largest absolute Gasteiger partial charge is 0.337 e. The second-order valence-corrected chi connectivity index (χ2v) is 8.14. The Morgan fingerprint density at radius 2 is 1.88 bits per heavy atom. The Hall–Kier alpha value is -1.88. The second-order valence-electron chi connectivity index (χ2n) is 8.14. The molecule has 2 fully saturated rings. The summed E-state index contributed by atoms with van der Waals surface area (Å²) >= 11 is 0. The van der Waals surface area contributed by atoms with Crippen molar-refractivity contribution in [1.82, 2.24) is 15.1 Å². The number of benzene rings is 1. The zero-order valence-corrected chi connectivity index (χ0v) is 15.5. The molecule has 0 bridgehead atoms. The number of nitrogens with zero attached hydrogens (tertiary/aromatic N) is 2. The Balaban J connectivity index is 1.68. The lowest BCUT2D eigenvalue weighted by Gasteiger charge is -2.41. The summed E-state index contributed by atoms with van der Waals surface area (Å²) in [5.74, 6) is 0.229. The van der Waals surface area contributed by atoms with Gasteiger partial charge < -0.3 is 15.1 Å². The average molecular weight is 343 g/mol. The number of piperazine rings is 1. The molecule has 5 nitrogen and oxygen atoms in total. The van der Waals surface area contributed by atoms with Gasteiger partial charge in [0.2, 0.25) is 5.91 Å². The Bertz CT molecular complexity index is 633. The highest BCUT2D eigenvalue weighted by molar-refractivity contribution is 5.94. The minimum Gasteiger partial charge on any atom is -0.337 e. The third kappa shape index (κ3) is 4.03. The van der Waals surface area contributed by atoms with Crippen LogP contribution in [0.3, 0.4) is 0 Å². The Kier molecular flexibility index (Phi) is 5.13. The van der Waals surface area contributed by atoms with E-state index in [4.69, 9.17) is 0 Å². The first-order chi connectivity index (χ1) is 11.9. The van der Waals surface area contributed by atoms with Gasteiger partial charge in [0.1, 0.15) is 0 Å². The molecule has 2 heterocycles. The van der Waals surface area contributed by atoms with Gasteiger partial charge in [-0.1, -0.05) is 32.9 Å². The van der Waals surface area contributed by atoms with E-state index in [0.717, 1.165) is 38.0 Å². The molecule has 2 saturated heterocycles. The highest BCUT2D eigenvalue weighted by Crippen LogP contribution is 2.23. The van der Waals surface area contributed by atoms with Crippen molar-refractivity contribution in [2.24, 2.45) is 0 Å². The predicted octanol–water partition coefficient (Wildman–Crippen LogP) is 2.02. The fourth-order valence-electron chi connectivity index (χ4n) is 3.70. The van der Waals surface area contributed by atoms with E-state index in [1.807, 2.05) is 21.9 Å². The lowest BCUT2D eigenvalue weighted by Crippen LogP contribution is -2.57. The van der Waals surface area contributed by atoms with E-state index in [0.29, 0.717) is 13.1 Å². The van der Waals surface area contributed by atoms with Crippen molar-refractivity contribution >= 4 is 11.8 Å². The topological polar surface area (TPSA) is 52.7 Å². The van der Waals surface area contributed by atoms with Gasteiger partial charge in [0.15, 0.2) is 0 Å². The highest BCUT2D eigenvalue weighted by Gasteiger charge is 2.32. The predicted molar refractivity (Wildman–Crippen MR) is 98.7 cm³/mol. The van der Waals surface area contributed by atoms with Crippen molar-refractivity contribution in [2.75, 3.05) is 32.7 Å². The molecule has 0 radical (unpaired) electrons. The summed E-state index contributed by atoms with van der Waals surface area (Å²) in [5, 5.41) is 3.11. The second kappa shape index (κ2) is 7.16. The molecule has 1 aromatic rings. The molecule has 0 aromatic heterocycles. The molecular weight excluding hydrogens is 314 g/mol. The van der Waals surface area contributed by atoms with E-state index in [9.17, 15) is 9.59 Å². The number of nitrogens with one attached hydrogen (secondary N) is 1. The van der Waals surface area contributed by atoms with E-state index in [1.165, 1.54) is 5.56 Å². The third-order valence-corrected chi connectivity index (χ3v) is 5.25. The Morgan fingerprint density at radius 1 is 1.16 bits per heavy atom. The van der Waals surface area contributed by atoms with Crippen molar-refractivity contribution in [2.45, 2.75) is 45.1 Å². The molecule has 0 aliphatic carbocycles. The van der Waals surface area contributed by atoms with E-state index in [-0.39, 0.29) is 23.3 Å². The van der Waals surface area contributed by atoms with Crippen LogP contribution in [0.15, 0.2) is 24.3 Å². The van der Waals surface area contributed by atoms with Gasteiger partial charge in [0.25, 0.3) is 5.91 Å². The number of piperidine rings is 1. The Labute approximate surface area is 150 Å². The van der Waals surface area contributed by atoms with Crippen LogP contribution >= 0.6 is 0 Å². The van der Waals surface area contributed by atoms with Gasteiger partial charge in [0, 0.05) is 37.8 Å². The molecular formula is C20H29N3O2. The number of rotatable bonds is 2. The molecule has 2 aliphatic heterocycles. The van der Waals surface area contributed by atoms with Gasteiger partial charge in [-0.05, 0) is 36.0 Å². The van der Waals surface area contributed by atoms with Gasteiger partial charge in [0.05, 0.1) is 6.54 Å². The molecule has 2 aliphatic rings. The number of amides is 2. The zero-order valence-electron chi connectivity index (χ0n) is 15.5. The van der Waals surface area contributed by atoms with Crippen LogP contribution in [0.1, 0.15) is 49.5 Å².